The molecule has 0 aromatic heterocycles. The molecule has 1 aromatic rings. The minimum atomic E-state index is -0.283. The van der Waals surface area contributed by atoms with E-state index in [2.05, 4.69) is 38.3 Å². The van der Waals surface area contributed by atoms with Gasteiger partial charge in [-0.25, -0.2) is 0 Å². The van der Waals surface area contributed by atoms with Gasteiger partial charge in [-0.15, -0.1) is 0 Å². The first kappa shape index (κ1) is 17.2. The number of benzene rings is 1. The fraction of sp³-hybridized carbons (Fsp3) is 0.529. The van der Waals surface area contributed by atoms with Gasteiger partial charge in [0.1, 0.15) is 6.42 Å². The molecule has 1 aromatic carbocycles. The first-order chi connectivity index (χ1) is 9.88. The zero-order valence-corrected chi connectivity index (χ0v) is 13.4. The average Bonchev–Trinajstić information content (AvgIpc) is 2.38. The highest BCUT2D eigenvalue weighted by Gasteiger charge is 2.09. The Bertz CT molecular complexity index is 464. The molecule has 0 unspecified atom stereocenters. The van der Waals surface area contributed by atoms with E-state index in [4.69, 9.17) is 0 Å². The smallest absolute Gasteiger partial charge is 0.233 e. The van der Waals surface area contributed by atoms with Crippen molar-refractivity contribution in [2.45, 2.75) is 46.5 Å². The van der Waals surface area contributed by atoms with Gasteiger partial charge in [0.05, 0.1) is 0 Å². The maximum absolute atomic E-state index is 11.8. The van der Waals surface area contributed by atoms with E-state index in [1.807, 2.05) is 24.3 Å². The lowest BCUT2D eigenvalue weighted by Gasteiger charge is -2.09. The SMILES string of the molecule is CC(C)CCNC(=O)CC(=O)Nc1ccc(C(C)C)cc1. The van der Waals surface area contributed by atoms with Gasteiger partial charge in [-0.3, -0.25) is 9.59 Å². The van der Waals surface area contributed by atoms with Gasteiger partial charge in [-0.1, -0.05) is 39.8 Å². The van der Waals surface area contributed by atoms with Gasteiger partial charge in [0.25, 0.3) is 0 Å². The summed E-state index contributed by atoms with van der Waals surface area (Å²) >= 11 is 0. The van der Waals surface area contributed by atoms with E-state index in [-0.39, 0.29) is 18.2 Å². The van der Waals surface area contributed by atoms with Crippen molar-refractivity contribution in [3.63, 3.8) is 0 Å². The summed E-state index contributed by atoms with van der Waals surface area (Å²) in [6, 6.07) is 7.71. The van der Waals surface area contributed by atoms with E-state index >= 15 is 0 Å². The third-order valence-corrected chi connectivity index (χ3v) is 3.23. The number of nitrogens with one attached hydrogen (secondary N) is 2. The zero-order valence-electron chi connectivity index (χ0n) is 13.4. The minimum absolute atomic E-state index is 0.135. The molecular formula is C17H26N2O2. The minimum Gasteiger partial charge on any atom is -0.356 e. The molecule has 0 spiro atoms. The first-order valence-corrected chi connectivity index (χ1v) is 7.55. The highest BCUT2D eigenvalue weighted by atomic mass is 16.2. The molecule has 0 saturated heterocycles. The van der Waals surface area contributed by atoms with Crippen molar-refractivity contribution in [1.82, 2.24) is 5.32 Å². The zero-order chi connectivity index (χ0) is 15.8. The summed E-state index contributed by atoms with van der Waals surface area (Å²) in [4.78, 5) is 23.4. The molecule has 0 fully saturated rings. The van der Waals surface area contributed by atoms with Gasteiger partial charge in [-0.05, 0) is 36.0 Å². The molecule has 21 heavy (non-hydrogen) atoms. The van der Waals surface area contributed by atoms with Crippen LogP contribution >= 0.6 is 0 Å². The Hall–Kier alpha value is -1.84. The van der Waals surface area contributed by atoms with Crippen LogP contribution < -0.4 is 10.6 Å². The number of anilines is 1. The Morgan fingerprint density at radius 3 is 2.14 bits per heavy atom. The predicted octanol–water partition coefficient (Wildman–Crippen LogP) is 3.30. The fourth-order valence-corrected chi connectivity index (χ4v) is 1.87. The molecule has 116 valence electrons. The Balaban J connectivity index is 2.37. The standard InChI is InChI=1S/C17H26N2O2/c1-12(2)9-10-18-16(20)11-17(21)19-15-7-5-14(6-8-15)13(3)4/h5-8,12-13H,9-11H2,1-4H3,(H,18,20)(H,19,21). The molecule has 2 amide bonds. The molecule has 0 bridgehead atoms. The molecule has 0 atom stereocenters. The second-order valence-electron chi connectivity index (χ2n) is 6.03. The second kappa shape index (κ2) is 8.45. The van der Waals surface area contributed by atoms with Crippen molar-refractivity contribution in [3.8, 4) is 0 Å². The van der Waals surface area contributed by atoms with E-state index in [0.29, 0.717) is 18.4 Å². The van der Waals surface area contributed by atoms with Crippen LogP contribution in [0.4, 0.5) is 5.69 Å². The lowest BCUT2D eigenvalue weighted by atomic mass is 10.0. The van der Waals surface area contributed by atoms with Crippen LogP contribution in [0, 0.1) is 5.92 Å². The van der Waals surface area contributed by atoms with E-state index in [1.54, 1.807) is 0 Å². The number of amides is 2. The Labute approximate surface area is 127 Å². The Morgan fingerprint density at radius 1 is 1.00 bits per heavy atom. The predicted molar refractivity (Wildman–Crippen MR) is 86.2 cm³/mol. The third kappa shape index (κ3) is 6.93. The molecular weight excluding hydrogens is 264 g/mol. The van der Waals surface area contributed by atoms with Gasteiger partial charge < -0.3 is 10.6 Å². The summed E-state index contributed by atoms with van der Waals surface area (Å²) in [6.45, 7) is 9.05. The number of carbonyl (C=O) groups is 2. The van der Waals surface area contributed by atoms with Gasteiger partial charge in [0, 0.05) is 12.2 Å². The molecule has 1 rings (SSSR count). The summed E-state index contributed by atoms with van der Waals surface area (Å²) in [5, 5.41) is 5.49. The van der Waals surface area contributed by atoms with Crippen molar-refractivity contribution in [1.29, 1.82) is 0 Å². The van der Waals surface area contributed by atoms with Crippen molar-refractivity contribution >= 4 is 17.5 Å². The molecule has 0 saturated carbocycles. The maximum atomic E-state index is 11.8. The van der Waals surface area contributed by atoms with Crippen molar-refractivity contribution in [2.24, 2.45) is 5.92 Å². The van der Waals surface area contributed by atoms with Crippen LogP contribution in [0.5, 0.6) is 0 Å². The van der Waals surface area contributed by atoms with Gasteiger partial charge >= 0.3 is 0 Å². The van der Waals surface area contributed by atoms with E-state index in [0.717, 1.165) is 12.1 Å². The second-order valence-corrected chi connectivity index (χ2v) is 6.03. The van der Waals surface area contributed by atoms with Crippen molar-refractivity contribution < 1.29 is 9.59 Å². The summed E-state index contributed by atoms with van der Waals surface area (Å²) in [6.07, 6.45) is 0.786. The van der Waals surface area contributed by atoms with Crippen LogP contribution in [0.2, 0.25) is 0 Å². The van der Waals surface area contributed by atoms with Crippen LogP contribution in [0.3, 0.4) is 0 Å². The summed E-state index contributed by atoms with van der Waals surface area (Å²) in [7, 11) is 0. The maximum Gasteiger partial charge on any atom is 0.233 e. The summed E-state index contributed by atoms with van der Waals surface area (Å²) in [5.41, 5.74) is 1.94. The number of rotatable bonds is 7. The largest absolute Gasteiger partial charge is 0.356 e. The lowest BCUT2D eigenvalue weighted by Crippen LogP contribution is -2.29. The van der Waals surface area contributed by atoms with E-state index in [9.17, 15) is 9.59 Å². The monoisotopic (exact) mass is 290 g/mol. The fourth-order valence-electron chi connectivity index (χ4n) is 1.87. The number of hydrogen-bond acceptors (Lipinski definition) is 2. The molecule has 0 radical (unpaired) electrons. The molecule has 0 aliphatic heterocycles. The Morgan fingerprint density at radius 2 is 1.62 bits per heavy atom. The van der Waals surface area contributed by atoms with Gasteiger partial charge in [0.15, 0.2) is 0 Å². The van der Waals surface area contributed by atoms with Crippen LogP contribution in [-0.2, 0) is 9.59 Å². The van der Waals surface area contributed by atoms with Crippen LogP contribution in [0.1, 0.15) is 52.0 Å². The molecule has 0 aliphatic carbocycles. The first-order valence-electron chi connectivity index (χ1n) is 7.55. The summed E-state index contributed by atoms with van der Waals surface area (Å²) < 4.78 is 0. The quantitative estimate of drug-likeness (QED) is 0.757. The third-order valence-electron chi connectivity index (χ3n) is 3.23. The van der Waals surface area contributed by atoms with Crippen molar-refractivity contribution in [2.75, 3.05) is 11.9 Å². The topological polar surface area (TPSA) is 58.2 Å². The van der Waals surface area contributed by atoms with Gasteiger partial charge in [0.2, 0.25) is 11.8 Å². The van der Waals surface area contributed by atoms with E-state index < -0.39 is 0 Å². The number of hydrogen-bond donors (Lipinski definition) is 2. The normalized spacial score (nSPS) is 10.8. The molecule has 2 N–H and O–H groups in total. The van der Waals surface area contributed by atoms with Gasteiger partial charge in [-0.2, -0.15) is 0 Å². The molecule has 0 heterocycles. The van der Waals surface area contributed by atoms with Crippen molar-refractivity contribution in [3.05, 3.63) is 29.8 Å². The van der Waals surface area contributed by atoms with Crippen LogP contribution in [0.15, 0.2) is 24.3 Å². The molecule has 4 heteroatoms. The lowest BCUT2D eigenvalue weighted by molar-refractivity contribution is -0.126. The highest BCUT2D eigenvalue weighted by molar-refractivity contribution is 6.03. The molecule has 0 aliphatic rings. The van der Waals surface area contributed by atoms with Crippen LogP contribution in [0.25, 0.3) is 0 Å². The molecule has 4 nitrogen and oxygen atoms in total. The Kier molecular flexibility index (Phi) is 6.92. The average molecular weight is 290 g/mol. The summed E-state index contributed by atoms with van der Waals surface area (Å²) in [5.74, 6) is 0.487. The highest BCUT2D eigenvalue weighted by Crippen LogP contribution is 2.17. The van der Waals surface area contributed by atoms with E-state index in [1.165, 1.54) is 5.56 Å². The van der Waals surface area contributed by atoms with Crippen LogP contribution in [-0.4, -0.2) is 18.4 Å². The number of carbonyl (C=O) groups excluding carboxylic acids is 2.